The van der Waals surface area contributed by atoms with E-state index in [0.29, 0.717) is 5.92 Å². The number of rotatable bonds is 4. The smallest absolute Gasteiger partial charge is 0.123 e. The lowest BCUT2D eigenvalue weighted by Crippen LogP contribution is -2.47. The molecule has 1 aromatic rings. The summed E-state index contributed by atoms with van der Waals surface area (Å²) >= 11 is 0. The van der Waals surface area contributed by atoms with E-state index in [1.54, 1.807) is 12.1 Å². The number of piperidine rings is 1. The third kappa shape index (κ3) is 3.39. The lowest BCUT2D eigenvalue weighted by molar-refractivity contribution is 0.0816. The highest BCUT2D eigenvalue weighted by Crippen LogP contribution is 2.32. The predicted octanol–water partition coefficient (Wildman–Crippen LogP) is 3.58. The summed E-state index contributed by atoms with van der Waals surface area (Å²) in [6.07, 6.45) is 2.15. The molecule has 0 radical (unpaired) electrons. The van der Waals surface area contributed by atoms with Gasteiger partial charge in [-0.3, -0.25) is 4.90 Å². The minimum absolute atomic E-state index is 0.0982. The van der Waals surface area contributed by atoms with Crippen LogP contribution >= 0.6 is 0 Å². The predicted molar refractivity (Wildman–Crippen MR) is 81.9 cm³/mol. The molecule has 2 nitrogen and oxygen atoms in total. The number of halogens is 1. The number of hydrogen-bond acceptors (Lipinski definition) is 2. The Bertz CT molecular complexity index is 418. The van der Waals surface area contributed by atoms with Crippen molar-refractivity contribution in [2.45, 2.75) is 45.7 Å². The molecule has 0 aliphatic carbocycles. The molecule has 1 aliphatic heterocycles. The van der Waals surface area contributed by atoms with Gasteiger partial charge in [-0.2, -0.15) is 0 Å². The molecule has 2 N–H and O–H groups in total. The van der Waals surface area contributed by atoms with Gasteiger partial charge in [-0.1, -0.05) is 32.9 Å². The van der Waals surface area contributed by atoms with Gasteiger partial charge < -0.3 is 5.73 Å². The van der Waals surface area contributed by atoms with E-state index in [1.165, 1.54) is 6.42 Å². The first kappa shape index (κ1) is 15.5. The molecule has 1 heterocycles. The van der Waals surface area contributed by atoms with Crippen LogP contribution in [-0.2, 0) is 0 Å². The lowest BCUT2D eigenvalue weighted by Gasteiger charge is -2.42. The Morgan fingerprint density at radius 1 is 1.25 bits per heavy atom. The summed E-state index contributed by atoms with van der Waals surface area (Å²) in [7, 11) is 0. The van der Waals surface area contributed by atoms with Crippen LogP contribution in [-0.4, -0.2) is 24.0 Å². The van der Waals surface area contributed by atoms with Crippen LogP contribution in [0.15, 0.2) is 24.3 Å². The van der Waals surface area contributed by atoms with Gasteiger partial charge in [0.2, 0.25) is 0 Å². The topological polar surface area (TPSA) is 29.3 Å². The fourth-order valence-electron chi connectivity index (χ4n) is 3.16. The van der Waals surface area contributed by atoms with Gasteiger partial charge in [0.05, 0.1) is 0 Å². The minimum Gasteiger partial charge on any atom is -0.326 e. The van der Waals surface area contributed by atoms with E-state index in [0.717, 1.165) is 31.0 Å². The fourth-order valence-corrected chi connectivity index (χ4v) is 3.16. The number of nitrogens with two attached hydrogens (primary N) is 1. The largest absolute Gasteiger partial charge is 0.326 e. The van der Waals surface area contributed by atoms with Gasteiger partial charge in [-0.25, -0.2) is 4.39 Å². The van der Waals surface area contributed by atoms with E-state index >= 15 is 0 Å². The second-order valence-corrected chi connectivity index (χ2v) is 6.31. The van der Waals surface area contributed by atoms with Gasteiger partial charge in [-0.05, 0) is 48.9 Å². The first-order valence-electron chi connectivity index (χ1n) is 7.78. The number of benzene rings is 1. The van der Waals surface area contributed by atoms with Gasteiger partial charge in [-0.15, -0.1) is 0 Å². The molecule has 4 atom stereocenters. The second-order valence-electron chi connectivity index (χ2n) is 6.31. The second kappa shape index (κ2) is 6.68. The van der Waals surface area contributed by atoms with E-state index in [2.05, 4.69) is 25.7 Å². The minimum atomic E-state index is -0.182. The van der Waals surface area contributed by atoms with Crippen LogP contribution in [0.4, 0.5) is 4.39 Å². The van der Waals surface area contributed by atoms with Crippen molar-refractivity contribution in [3.63, 3.8) is 0 Å². The van der Waals surface area contributed by atoms with Crippen molar-refractivity contribution in [3.05, 3.63) is 35.6 Å². The molecule has 112 valence electrons. The summed E-state index contributed by atoms with van der Waals surface area (Å²) in [6.45, 7) is 8.93. The molecular formula is C17H27FN2. The average Bonchev–Trinajstić information content (AvgIpc) is 2.45. The molecule has 1 aromatic carbocycles. The number of likely N-dealkylation sites (tertiary alicyclic amines) is 1. The molecule has 0 aromatic heterocycles. The van der Waals surface area contributed by atoms with Crippen LogP contribution in [0.5, 0.6) is 0 Å². The standard InChI is InChI=1S/C17H27FN2/c1-4-16(19)17(14-5-7-15(18)8-6-14)20-10-9-12(2)13(3)11-20/h5-8,12-13,16-17H,4,9-11,19H2,1-3H3. The maximum Gasteiger partial charge on any atom is 0.123 e. The van der Waals surface area contributed by atoms with Crippen molar-refractivity contribution >= 4 is 0 Å². The summed E-state index contributed by atoms with van der Waals surface area (Å²) in [6, 6.07) is 7.16. The molecule has 1 fully saturated rings. The summed E-state index contributed by atoms with van der Waals surface area (Å²) in [5.41, 5.74) is 7.50. The molecular weight excluding hydrogens is 251 g/mol. The van der Waals surface area contributed by atoms with Gasteiger partial charge in [0.25, 0.3) is 0 Å². The molecule has 0 amide bonds. The summed E-state index contributed by atoms with van der Waals surface area (Å²) in [5.74, 6) is 1.28. The average molecular weight is 278 g/mol. The van der Waals surface area contributed by atoms with Crippen molar-refractivity contribution in [2.24, 2.45) is 17.6 Å². The van der Waals surface area contributed by atoms with Crippen molar-refractivity contribution < 1.29 is 4.39 Å². The quantitative estimate of drug-likeness (QED) is 0.912. The third-order valence-electron chi connectivity index (χ3n) is 4.85. The molecule has 3 heteroatoms. The Kier molecular flexibility index (Phi) is 5.17. The Hall–Kier alpha value is -0.930. The molecule has 20 heavy (non-hydrogen) atoms. The van der Waals surface area contributed by atoms with Gasteiger partial charge >= 0.3 is 0 Å². The van der Waals surface area contributed by atoms with Crippen molar-refractivity contribution in [3.8, 4) is 0 Å². The van der Waals surface area contributed by atoms with Crippen molar-refractivity contribution in [1.29, 1.82) is 0 Å². The normalized spacial score (nSPS) is 27.2. The van der Waals surface area contributed by atoms with Crippen molar-refractivity contribution in [2.75, 3.05) is 13.1 Å². The van der Waals surface area contributed by atoms with E-state index in [4.69, 9.17) is 5.73 Å². The van der Waals surface area contributed by atoms with E-state index in [1.807, 2.05) is 12.1 Å². The summed E-state index contributed by atoms with van der Waals surface area (Å²) < 4.78 is 13.1. The highest BCUT2D eigenvalue weighted by Gasteiger charge is 2.31. The maximum atomic E-state index is 13.1. The van der Waals surface area contributed by atoms with E-state index < -0.39 is 0 Å². The Morgan fingerprint density at radius 3 is 2.45 bits per heavy atom. The number of nitrogens with zero attached hydrogens (tertiary/aromatic N) is 1. The van der Waals surface area contributed by atoms with Crippen LogP contribution in [0.25, 0.3) is 0 Å². The molecule has 0 bridgehead atoms. The zero-order valence-electron chi connectivity index (χ0n) is 12.8. The Balaban J connectivity index is 2.21. The first-order valence-corrected chi connectivity index (χ1v) is 7.78. The molecule has 2 rings (SSSR count). The highest BCUT2D eigenvalue weighted by molar-refractivity contribution is 5.22. The monoisotopic (exact) mass is 278 g/mol. The summed E-state index contributed by atoms with van der Waals surface area (Å²) in [4.78, 5) is 2.49. The van der Waals surface area contributed by atoms with Crippen LogP contribution in [0.1, 0.15) is 45.2 Å². The molecule has 1 saturated heterocycles. The van der Waals surface area contributed by atoms with Crippen LogP contribution in [0, 0.1) is 17.7 Å². The zero-order valence-corrected chi connectivity index (χ0v) is 12.8. The molecule has 0 spiro atoms. The third-order valence-corrected chi connectivity index (χ3v) is 4.85. The van der Waals surface area contributed by atoms with Crippen LogP contribution in [0.2, 0.25) is 0 Å². The first-order chi connectivity index (χ1) is 9.52. The highest BCUT2D eigenvalue weighted by atomic mass is 19.1. The molecule has 1 aliphatic rings. The summed E-state index contributed by atoms with van der Waals surface area (Å²) in [5, 5.41) is 0. The molecule has 0 saturated carbocycles. The van der Waals surface area contributed by atoms with Gasteiger partial charge in [0, 0.05) is 18.6 Å². The fraction of sp³-hybridized carbons (Fsp3) is 0.647. The Labute approximate surface area is 122 Å². The number of hydrogen-bond donors (Lipinski definition) is 1. The van der Waals surface area contributed by atoms with Crippen LogP contribution < -0.4 is 5.73 Å². The van der Waals surface area contributed by atoms with Gasteiger partial charge in [0.1, 0.15) is 5.82 Å². The molecule has 4 unspecified atom stereocenters. The zero-order chi connectivity index (χ0) is 14.7. The van der Waals surface area contributed by atoms with Gasteiger partial charge in [0.15, 0.2) is 0 Å². The van der Waals surface area contributed by atoms with E-state index in [9.17, 15) is 4.39 Å². The van der Waals surface area contributed by atoms with Crippen molar-refractivity contribution in [1.82, 2.24) is 4.90 Å². The lowest BCUT2D eigenvalue weighted by atomic mass is 9.85. The van der Waals surface area contributed by atoms with Crippen LogP contribution in [0.3, 0.4) is 0 Å². The Morgan fingerprint density at radius 2 is 1.90 bits per heavy atom. The SMILES string of the molecule is CCC(N)C(c1ccc(F)cc1)N1CCC(C)C(C)C1. The maximum absolute atomic E-state index is 13.1. The van der Waals surface area contributed by atoms with E-state index in [-0.39, 0.29) is 17.9 Å².